The van der Waals surface area contributed by atoms with Crippen molar-refractivity contribution >= 4 is 29.4 Å². The van der Waals surface area contributed by atoms with Gasteiger partial charge in [0, 0.05) is 30.9 Å². The van der Waals surface area contributed by atoms with Gasteiger partial charge in [-0.25, -0.2) is 15.0 Å². The average molecular weight is 420 g/mol. The number of hydrogen-bond acceptors (Lipinski definition) is 8. The molecule has 0 spiro atoms. The van der Waals surface area contributed by atoms with E-state index in [0.29, 0.717) is 17.3 Å². The van der Waals surface area contributed by atoms with E-state index >= 15 is 0 Å². The number of nitrogens with two attached hydrogens (primary N) is 1. The summed E-state index contributed by atoms with van der Waals surface area (Å²) in [5, 5.41) is 8.62. The lowest BCUT2D eigenvalue weighted by molar-refractivity contribution is -0.117. The number of allylic oxidation sites excluding steroid dienone is 1. The third-order valence-corrected chi connectivity index (χ3v) is 4.92. The number of aromatic nitrogens is 3. The van der Waals surface area contributed by atoms with Gasteiger partial charge in [-0.1, -0.05) is 0 Å². The number of pyridine rings is 1. The third-order valence-electron chi connectivity index (χ3n) is 4.92. The molecule has 2 amide bonds. The summed E-state index contributed by atoms with van der Waals surface area (Å²) in [6.07, 6.45) is 9.92. The fourth-order valence-corrected chi connectivity index (χ4v) is 2.97. The van der Waals surface area contributed by atoms with E-state index < -0.39 is 11.8 Å². The summed E-state index contributed by atoms with van der Waals surface area (Å²) in [5.74, 6) is -0.571. The van der Waals surface area contributed by atoms with Crippen LogP contribution in [0.3, 0.4) is 0 Å². The zero-order valence-corrected chi connectivity index (χ0v) is 17.1. The van der Waals surface area contributed by atoms with Crippen molar-refractivity contribution in [3.05, 3.63) is 53.6 Å². The lowest BCUT2D eigenvalue weighted by atomic mass is 10.2. The number of aliphatic imine (C=N–C) groups is 1. The van der Waals surface area contributed by atoms with Crippen LogP contribution in [0.25, 0.3) is 0 Å². The predicted octanol–water partition coefficient (Wildman–Crippen LogP) is 1.37. The normalized spacial score (nSPS) is 16.5. The summed E-state index contributed by atoms with van der Waals surface area (Å²) < 4.78 is 0. The Kier molecular flexibility index (Phi) is 5.87. The number of nitrogens with zero attached hydrogens (tertiary/aromatic N) is 4. The number of hydrogen-bond donors (Lipinski definition) is 4. The molecule has 4 rings (SSSR count). The van der Waals surface area contributed by atoms with Gasteiger partial charge in [0.15, 0.2) is 5.69 Å². The Morgan fingerprint density at radius 2 is 1.90 bits per heavy atom. The van der Waals surface area contributed by atoms with Crippen LogP contribution in [0.1, 0.15) is 47.8 Å². The average Bonchev–Trinajstić information content (AvgIpc) is 3.68. The Balaban J connectivity index is 1.61. The maximum Gasteiger partial charge on any atom is 0.276 e. The Hall–Kier alpha value is -3.82. The van der Waals surface area contributed by atoms with E-state index in [-0.39, 0.29) is 23.1 Å². The monoisotopic (exact) mass is 420 g/mol. The van der Waals surface area contributed by atoms with Crippen LogP contribution >= 0.6 is 0 Å². The molecule has 0 aliphatic heterocycles. The lowest BCUT2D eigenvalue weighted by Gasteiger charge is -2.14. The molecule has 160 valence electrons. The second kappa shape index (κ2) is 8.90. The third kappa shape index (κ3) is 5.21. The van der Waals surface area contributed by atoms with Crippen molar-refractivity contribution in [1.82, 2.24) is 25.6 Å². The van der Waals surface area contributed by atoms with E-state index in [9.17, 15) is 9.59 Å². The molecule has 2 heterocycles. The number of rotatable bonds is 8. The molecule has 0 radical (unpaired) electrons. The molecular formula is C21H24N8O2. The fourth-order valence-electron chi connectivity index (χ4n) is 2.97. The van der Waals surface area contributed by atoms with Crippen molar-refractivity contribution in [1.29, 1.82) is 0 Å². The Bertz CT molecular complexity index is 1040. The van der Waals surface area contributed by atoms with Gasteiger partial charge < -0.3 is 21.7 Å². The Morgan fingerprint density at radius 3 is 2.55 bits per heavy atom. The molecule has 2 aromatic heterocycles. The zero-order chi connectivity index (χ0) is 21.8. The number of carbonyl (C=O) groups is 2. The van der Waals surface area contributed by atoms with Crippen LogP contribution in [0.5, 0.6) is 0 Å². The molecule has 2 fully saturated rings. The van der Waals surface area contributed by atoms with Crippen molar-refractivity contribution in [3.63, 3.8) is 0 Å². The van der Waals surface area contributed by atoms with E-state index in [4.69, 9.17) is 5.73 Å². The summed E-state index contributed by atoms with van der Waals surface area (Å²) in [5.41, 5.74) is 8.18. The summed E-state index contributed by atoms with van der Waals surface area (Å²) >= 11 is 0. The minimum absolute atomic E-state index is 0.102. The van der Waals surface area contributed by atoms with E-state index in [1.807, 2.05) is 12.1 Å². The smallest absolute Gasteiger partial charge is 0.276 e. The van der Waals surface area contributed by atoms with Gasteiger partial charge in [0.2, 0.25) is 0 Å². The van der Waals surface area contributed by atoms with Crippen molar-refractivity contribution in [2.45, 2.75) is 37.6 Å². The molecule has 0 atom stereocenters. The van der Waals surface area contributed by atoms with Crippen molar-refractivity contribution in [2.75, 3.05) is 12.4 Å². The highest BCUT2D eigenvalue weighted by atomic mass is 16.2. The van der Waals surface area contributed by atoms with Gasteiger partial charge in [0.1, 0.15) is 12.0 Å². The van der Waals surface area contributed by atoms with E-state index in [2.05, 4.69) is 35.9 Å². The van der Waals surface area contributed by atoms with Crippen LogP contribution in [0.2, 0.25) is 0 Å². The van der Waals surface area contributed by atoms with Crippen LogP contribution in [-0.4, -0.2) is 46.1 Å². The second-order valence-corrected chi connectivity index (χ2v) is 7.58. The highest BCUT2D eigenvalue weighted by molar-refractivity contribution is 6.05. The van der Waals surface area contributed by atoms with Gasteiger partial charge in [-0.15, -0.1) is 0 Å². The first-order chi connectivity index (χ1) is 15.0. The molecule has 5 N–H and O–H groups in total. The first-order valence-corrected chi connectivity index (χ1v) is 10.1. The summed E-state index contributed by atoms with van der Waals surface area (Å²) in [7, 11) is 1.53. The van der Waals surface area contributed by atoms with Gasteiger partial charge in [-0.05, 0) is 37.8 Å². The van der Waals surface area contributed by atoms with Crippen LogP contribution < -0.4 is 21.7 Å². The SMILES string of the molecule is CN=CC(NC(=O)c1nc(C2CC2)ccc1Nc1cncnc1)=C(N)C(=O)NC1CC1. The molecule has 10 nitrogen and oxygen atoms in total. The van der Waals surface area contributed by atoms with Gasteiger partial charge >= 0.3 is 0 Å². The highest BCUT2D eigenvalue weighted by Gasteiger charge is 2.28. The highest BCUT2D eigenvalue weighted by Crippen LogP contribution is 2.39. The van der Waals surface area contributed by atoms with Crippen molar-refractivity contribution in [2.24, 2.45) is 10.7 Å². The van der Waals surface area contributed by atoms with Crippen molar-refractivity contribution < 1.29 is 9.59 Å². The first-order valence-electron chi connectivity index (χ1n) is 10.1. The molecule has 0 aromatic carbocycles. The van der Waals surface area contributed by atoms with Crippen LogP contribution in [0.4, 0.5) is 11.4 Å². The van der Waals surface area contributed by atoms with Crippen LogP contribution in [-0.2, 0) is 4.79 Å². The molecule has 2 aliphatic carbocycles. The molecule has 2 aromatic rings. The van der Waals surface area contributed by atoms with Crippen LogP contribution in [0, 0.1) is 0 Å². The minimum atomic E-state index is -0.501. The summed E-state index contributed by atoms with van der Waals surface area (Å²) in [6.45, 7) is 0. The maximum absolute atomic E-state index is 13.2. The minimum Gasteiger partial charge on any atom is -0.393 e. The number of carbonyl (C=O) groups excluding carboxylic acids is 2. The lowest BCUT2D eigenvalue weighted by Crippen LogP contribution is -2.36. The molecule has 0 bridgehead atoms. The number of amides is 2. The summed E-state index contributed by atoms with van der Waals surface area (Å²) in [4.78, 5) is 42.0. The van der Waals surface area contributed by atoms with Crippen LogP contribution in [0.15, 0.2) is 47.2 Å². The number of nitrogens with one attached hydrogen (secondary N) is 3. The molecule has 2 aliphatic rings. The maximum atomic E-state index is 13.2. The summed E-state index contributed by atoms with van der Waals surface area (Å²) in [6, 6.07) is 3.85. The molecular weight excluding hydrogens is 396 g/mol. The van der Waals surface area contributed by atoms with Gasteiger partial charge in [-0.3, -0.25) is 14.6 Å². The predicted molar refractivity (Wildman–Crippen MR) is 116 cm³/mol. The van der Waals surface area contributed by atoms with Gasteiger partial charge in [0.05, 0.1) is 29.5 Å². The van der Waals surface area contributed by atoms with Gasteiger partial charge in [0.25, 0.3) is 11.8 Å². The topological polar surface area (TPSA) is 147 Å². The van der Waals surface area contributed by atoms with E-state index in [0.717, 1.165) is 31.4 Å². The van der Waals surface area contributed by atoms with Gasteiger partial charge in [-0.2, -0.15) is 0 Å². The molecule has 0 saturated heterocycles. The molecule has 10 heteroatoms. The zero-order valence-electron chi connectivity index (χ0n) is 17.1. The quantitative estimate of drug-likeness (QED) is 0.372. The molecule has 0 unspecified atom stereocenters. The largest absolute Gasteiger partial charge is 0.393 e. The first kappa shape index (κ1) is 20.5. The van der Waals surface area contributed by atoms with E-state index in [1.54, 1.807) is 12.4 Å². The molecule has 2 saturated carbocycles. The number of anilines is 2. The standard InChI is InChI=1S/C21H24N8O2/c1-23-10-17(18(22)20(30)27-13-4-5-13)29-21(31)19-16(26-14-8-24-11-25-9-14)7-6-15(28-19)12-2-3-12/h6-13,26H,2-5,22H2,1H3,(H,27,30)(H,29,31). The van der Waals surface area contributed by atoms with E-state index in [1.165, 1.54) is 19.6 Å². The fraction of sp³-hybridized carbons (Fsp3) is 0.333. The Morgan fingerprint density at radius 1 is 1.16 bits per heavy atom. The Labute approximate surface area is 179 Å². The molecule has 31 heavy (non-hydrogen) atoms. The second-order valence-electron chi connectivity index (χ2n) is 7.58. The van der Waals surface area contributed by atoms with Crippen molar-refractivity contribution in [3.8, 4) is 0 Å².